The molecule has 4 rings (SSSR count). The molecule has 1 aromatic rings. The molecule has 3 aliphatic rings. The first-order chi connectivity index (χ1) is 10.3. The van der Waals surface area contributed by atoms with Crippen molar-refractivity contribution < 1.29 is 9.47 Å². The van der Waals surface area contributed by atoms with E-state index in [9.17, 15) is 0 Å². The van der Waals surface area contributed by atoms with Gasteiger partial charge in [-0.1, -0.05) is 18.6 Å². The largest absolute Gasteiger partial charge is 0.454 e. The van der Waals surface area contributed by atoms with E-state index in [1.165, 1.54) is 37.7 Å². The molecule has 4 heteroatoms. The standard InChI is InChI=1S/C17H24N2O2/c1-19-14-5-3-6-15(19)9-13(8-14)18-10-12-4-2-7-16-17(12)21-11-20-16/h2,4,7,13-15,18H,3,5-6,8-11H2,1H3. The van der Waals surface area contributed by atoms with Gasteiger partial charge in [-0.05, 0) is 38.8 Å². The molecule has 3 aliphatic heterocycles. The first-order valence-electron chi connectivity index (χ1n) is 8.14. The van der Waals surface area contributed by atoms with Crippen LogP contribution < -0.4 is 14.8 Å². The molecule has 114 valence electrons. The number of nitrogens with one attached hydrogen (secondary N) is 1. The monoisotopic (exact) mass is 288 g/mol. The Bertz CT molecular complexity index is 506. The van der Waals surface area contributed by atoms with Crippen molar-refractivity contribution in [1.29, 1.82) is 0 Å². The first-order valence-corrected chi connectivity index (χ1v) is 8.14. The lowest BCUT2D eigenvalue weighted by molar-refractivity contribution is 0.0482. The SMILES string of the molecule is CN1C2CCCC1CC(NCc1cccc3c1OCO3)C2. The van der Waals surface area contributed by atoms with E-state index in [1.807, 2.05) is 12.1 Å². The zero-order chi connectivity index (χ0) is 14.2. The Morgan fingerprint density at radius 2 is 2.00 bits per heavy atom. The van der Waals surface area contributed by atoms with Crippen molar-refractivity contribution in [2.75, 3.05) is 13.8 Å². The lowest BCUT2D eigenvalue weighted by Crippen LogP contribution is -2.54. The zero-order valence-electron chi connectivity index (χ0n) is 12.7. The average molecular weight is 288 g/mol. The maximum absolute atomic E-state index is 5.59. The molecule has 1 aromatic carbocycles. The van der Waals surface area contributed by atoms with Crippen molar-refractivity contribution in [3.05, 3.63) is 23.8 Å². The van der Waals surface area contributed by atoms with Gasteiger partial charge in [-0.2, -0.15) is 0 Å². The van der Waals surface area contributed by atoms with E-state index in [4.69, 9.17) is 9.47 Å². The van der Waals surface area contributed by atoms with Gasteiger partial charge >= 0.3 is 0 Å². The summed E-state index contributed by atoms with van der Waals surface area (Å²) in [4.78, 5) is 2.61. The third kappa shape index (κ3) is 2.51. The van der Waals surface area contributed by atoms with E-state index in [0.717, 1.165) is 30.1 Å². The van der Waals surface area contributed by atoms with E-state index >= 15 is 0 Å². The lowest BCUT2D eigenvalue weighted by Gasteiger charge is -2.47. The van der Waals surface area contributed by atoms with Crippen molar-refractivity contribution >= 4 is 0 Å². The minimum atomic E-state index is 0.352. The van der Waals surface area contributed by atoms with Crippen LogP contribution in [0.4, 0.5) is 0 Å². The quantitative estimate of drug-likeness (QED) is 0.926. The Morgan fingerprint density at radius 3 is 2.81 bits per heavy atom. The fourth-order valence-electron chi connectivity index (χ4n) is 4.17. The van der Waals surface area contributed by atoms with Crippen LogP contribution in [-0.4, -0.2) is 36.9 Å². The van der Waals surface area contributed by atoms with E-state index in [-0.39, 0.29) is 0 Å². The maximum atomic E-state index is 5.59. The second kappa shape index (κ2) is 5.50. The van der Waals surface area contributed by atoms with Crippen LogP contribution in [0.1, 0.15) is 37.7 Å². The van der Waals surface area contributed by atoms with Gasteiger partial charge in [0.25, 0.3) is 0 Å². The molecule has 4 nitrogen and oxygen atoms in total. The number of piperidine rings is 2. The molecular formula is C17H24N2O2. The molecule has 2 atom stereocenters. The van der Waals surface area contributed by atoms with Crippen LogP contribution in [0.2, 0.25) is 0 Å². The van der Waals surface area contributed by atoms with Gasteiger partial charge in [0.05, 0.1) is 0 Å². The van der Waals surface area contributed by atoms with Crippen molar-refractivity contribution in [3.63, 3.8) is 0 Å². The maximum Gasteiger partial charge on any atom is 0.231 e. The Balaban J connectivity index is 1.40. The average Bonchev–Trinajstić information content (AvgIpc) is 2.94. The van der Waals surface area contributed by atoms with Crippen LogP contribution in [0.3, 0.4) is 0 Å². The lowest BCUT2D eigenvalue weighted by atomic mass is 9.82. The van der Waals surface area contributed by atoms with E-state index in [0.29, 0.717) is 12.8 Å². The number of rotatable bonds is 3. The number of fused-ring (bicyclic) bond motifs is 3. The topological polar surface area (TPSA) is 33.7 Å². The number of nitrogens with zero attached hydrogens (tertiary/aromatic N) is 1. The first kappa shape index (κ1) is 13.4. The van der Waals surface area contributed by atoms with Crippen molar-refractivity contribution in [2.24, 2.45) is 0 Å². The number of hydrogen-bond donors (Lipinski definition) is 1. The molecule has 0 amide bonds. The number of benzene rings is 1. The molecule has 21 heavy (non-hydrogen) atoms. The molecule has 3 heterocycles. The number of para-hydroxylation sites is 1. The highest BCUT2D eigenvalue weighted by molar-refractivity contribution is 5.48. The third-order valence-corrected chi connectivity index (χ3v) is 5.40. The van der Waals surface area contributed by atoms with Gasteiger partial charge in [-0.25, -0.2) is 0 Å². The molecular weight excluding hydrogens is 264 g/mol. The van der Waals surface area contributed by atoms with Crippen LogP contribution in [0.15, 0.2) is 18.2 Å². The van der Waals surface area contributed by atoms with Gasteiger partial charge in [0.1, 0.15) is 0 Å². The van der Waals surface area contributed by atoms with E-state index in [2.05, 4.69) is 23.3 Å². The van der Waals surface area contributed by atoms with Crippen LogP contribution in [0.5, 0.6) is 11.5 Å². The Kier molecular flexibility index (Phi) is 3.51. The predicted octanol–water partition coefficient (Wildman–Crippen LogP) is 2.52. The molecule has 2 bridgehead atoms. The molecule has 2 saturated heterocycles. The zero-order valence-corrected chi connectivity index (χ0v) is 12.7. The predicted molar refractivity (Wildman–Crippen MR) is 81.6 cm³/mol. The summed E-state index contributed by atoms with van der Waals surface area (Å²) < 4.78 is 11.0. The minimum absolute atomic E-state index is 0.352. The normalized spacial score (nSPS) is 31.4. The molecule has 0 spiro atoms. The van der Waals surface area contributed by atoms with Gasteiger partial charge in [-0.3, -0.25) is 0 Å². The Labute approximate surface area is 126 Å². The molecule has 2 fully saturated rings. The number of hydrogen-bond acceptors (Lipinski definition) is 4. The summed E-state index contributed by atoms with van der Waals surface area (Å²) in [6.07, 6.45) is 6.69. The minimum Gasteiger partial charge on any atom is -0.454 e. The summed E-state index contributed by atoms with van der Waals surface area (Å²) in [5, 5.41) is 3.75. The highest BCUT2D eigenvalue weighted by Gasteiger charge is 2.35. The summed E-state index contributed by atoms with van der Waals surface area (Å²) in [5.74, 6) is 1.81. The van der Waals surface area contributed by atoms with Crippen molar-refractivity contribution in [2.45, 2.75) is 56.8 Å². The fourth-order valence-corrected chi connectivity index (χ4v) is 4.17. The summed E-state index contributed by atoms with van der Waals surface area (Å²) in [5.41, 5.74) is 1.22. The van der Waals surface area contributed by atoms with Gasteiger partial charge < -0.3 is 19.7 Å². The molecule has 0 aromatic heterocycles. The van der Waals surface area contributed by atoms with Crippen LogP contribution in [0, 0.1) is 0 Å². The van der Waals surface area contributed by atoms with E-state index in [1.54, 1.807) is 0 Å². The molecule has 0 saturated carbocycles. The highest BCUT2D eigenvalue weighted by Crippen LogP contribution is 2.36. The fraction of sp³-hybridized carbons (Fsp3) is 0.647. The summed E-state index contributed by atoms with van der Waals surface area (Å²) in [7, 11) is 2.31. The molecule has 0 aliphatic carbocycles. The summed E-state index contributed by atoms with van der Waals surface area (Å²) in [6.45, 7) is 1.23. The molecule has 2 unspecified atom stereocenters. The Hall–Kier alpha value is -1.26. The van der Waals surface area contributed by atoms with Crippen molar-refractivity contribution in [3.8, 4) is 11.5 Å². The molecule has 1 N–H and O–H groups in total. The third-order valence-electron chi connectivity index (χ3n) is 5.40. The second-order valence-electron chi connectivity index (χ2n) is 6.60. The summed E-state index contributed by atoms with van der Waals surface area (Å²) >= 11 is 0. The van der Waals surface area contributed by atoms with Gasteiger partial charge in [0.2, 0.25) is 6.79 Å². The highest BCUT2D eigenvalue weighted by atomic mass is 16.7. The van der Waals surface area contributed by atoms with Gasteiger partial charge in [0.15, 0.2) is 11.5 Å². The number of ether oxygens (including phenoxy) is 2. The summed E-state index contributed by atoms with van der Waals surface area (Å²) in [6, 6.07) is 8.34. The van der Waals surface area contributed by atoms with Gasteiger partial charge in [-0.15, -0.1) is 0 Å². The second-order valence-corrected chi connectivity index (χ2v) is 6.60. The smallest absolute Gasteiger partial charge is 0.231 e. The van der Waals surface area contributed by atoms with E-state index < -0.39 is 0 Å². The van der Waals surface area contributed by atoms with Crippen LogP contribution in [-0.2, 0) is 6.54 Å². The molecule has 0 radical (unpaired) electrons. The van der Waals surface area contributed by atoms with Crippen LogP contribution >= 0.6 is 0 Å². The van der Waals surface area contributed by atoms with Crippen molar-refractivity contribution in [1.82, 2.24) is 10.2 Å². The van der Waals surface area contributed by atoms with Gasteiger partial charge in [0, 0.05) is 30.2 Å². The Morgan fingerprint density at radius 1 is 1.19 bits per heavy atom. The van der Waals surface area contributed by atoms with Crippen LogP contribution in [0.25, 0.3) is 0 Å².